The van der Waals surface area contributed by atoms with Gasteiger partial charge >= 0.3 is 0 Å². The topological polar surface area (TPSA) is 69.1 Å². The molecule has 0 spiro atoms. The number of hydrogen-bond donors (Lipinski definition) is 2. The Morgan fingerprint density at radius 3 is 2.85 bits per heavy atom. The Morgan fingerprint density at radius 1 is 1.54 bits per heavy atom. The third-order valence-electron chi connectivity index (χ3n) is 1.54. The number of carbonyl (C=O) groups excluding carboxylic acids is 1. The van der Waals surface area contributed by atoms with E-state index in [2.05, 4.69) is 0 Å². The van der Waals surface area contributed by atoms with E-state index in [0.717, 1.165) is 10.5 Å². The highest BCUT2D eigenvalue weighted by atomic mass is 32.2. The molecule has 0 aliphatic carbocycles. The molecule has 0 aliphatic rings. The van der Waals surface area contributed by atoms with E-state index in [-0.39, 0.29) is 11.7 Å². The SMILES string of the molecule is Cc1ccc(N)c(SCC(N)=O)c1. The molecule has 0 fully saturated rings. The number of primary amides is 1. The van der Waals surface area contributed by atoms with Gasteiger partial charge in [0.2, 0.25) is 5.91 Å². The van der Waals surface area contributed by atoms with Crippen molar-refractivity contribution in [1.82, 2.24) is 0 Å². The molecule has 0 bridgehead atoms. The zero-order chi connectivity index (χ0) is 9.84. The van der Waals surface area contributed by atoms with Crippen LogP contribution in [0.4, 0.5) is 5.69 Å². The molecule has 0 saturated heterocycles. The van der Waals surface area contributed by atoms with Crippen LogP contribution < -0.4 is 11.5 Å². The largest absolute Gasteiger partial charge is 0.398 e. The van der Waals surface area contributed by atoms with Crippen LogP contribution in [0.5, 0.6) is 0 Å². The van der Waals surface area contributed by atoms with Gasteiger partial charge in [-0.1, -0.05) is 6.07 Å². The lowest BCUT2D eigenvalue weighted by Gasteiger charge is -2.04. The number of benzene rings is 1. The average molecular weight is 196 g/mol. The van der Waals surface area contributed by atoms with Crippen LogP contribution in [0.15, 0.2) is 23.1 Å². The van der Waals surface area contributed by atoms with Crippen LogP contribution in [-0.4, -0.2) is 11.7 Å². The van der Waals surface area contributed by atoms with Crippen molar-refractivity contribution in [1.29, 1.82) is 0 Å². The van der Waals surface area contributed by atoms with Gasteiger partial charge in [0, 0.05) is 10.6 Å². The first-order valence-electron chi connectivity index (χ1n) is 3.87. The summed E-state index contributed by atoms with van der Waals surface area (Å²) >= 11 is 1.37. The summed E-state index contributed by atoms with van der Waals surface area (Å²) in [6, 6.07) is 5.71. The van der Waals surface area contributed by atoms with Crippen LogP contribution in [0.3, 0.4) is 0 Å². The fourth-order valence-electron chi connectivity index (χ4n) is 0.915. The van der Waals surface area contributed by atoms with Crippen molar-refractivity contribution in [3.63, 3.8) is 0 Å². The van der Waals surface area contributed by atoms with Crippen molar-refractivity contribution in [3.05, 3.63) is 23.8 Å². The van der Waals surface area contributed by atoms with Crippen molar-refractivity contribution >= 4 is 23.4 Å². The number of carbonyl (C=O) groups is 1. The van der Waals surface area contributed by atoms with Crippen LogP contribution in [0.2, 0.25) is 0 Å². The predicted octanol–water partition coefficient (Wildman–Crippen LogP) is 1.15. The molecule has 0 saturated carbocycles. The van der Waals surface area contributed by atoms with Gasteiger partial charge in [-0.3, -0.25) is 4.79 Å². The highest BCUT2D eigenvalue weighted by molar-refractivity contribution is 8.00. The summed E-state index contributed by atoms with van der Waals surface area (Å²) in [6.45, 7) is 1.98. The molecule has 1 aromatic rings. The van der Waals surface area contributed by atoms with Crippen molar-refractivity contribution in [2.75, 3.05) is 11.5 Å². The van der Waals surface area contributed by atoms with Crippen molar-refractivity contribution in [2.24, 2.45) is 5.73 Å². The number of thioether (sulfide) groups is 1. The second kappa shape index (κ2) is 4.18. The highest BCUT2D eigenvalue weighted by Gasteiger charge is 2.02. The Balaban J connectivity index is 2.75. The summed E-state index contributed by atoms with van der Waals surface area (Å²) in [6.07, 6.45) is 0. The number of amides is 1. The summed E-state index contributed by atoms with van der Waals surface area (Å²) in [5.41, 5.74) is 12.5. The van der Waals surface area contributed by atoms with Gasteiger partial charge in [0.15, 0.2) is 0 Å². The Bertz CT molecular complexity index is 325. The van der Waals surface area contributed by atoms with E-state index in [9.17, 15) is 4.79 Å². The Morgan fingerprint density at radius 2 is 2.23 bits per heavy atom. The van der Waals surface area contributed by atoms with Gasteiger partial charge in [-0.25, -0.2) is 0 Å². The predicted molar refractivity (Wildman–Crippen MR) is 55.5 cm³/mol. The third kappa shape index (κ3) is 2.99. The first kappa shape index (κ1) is 9.92. The molecule has 70 valence electrons. The molecule has 0 radical (unpaired) electrons. The molecule has 4 heteroatoms. The number of aryl methyl sites for hydroxylation is 1. The summed E-state index contributed by atoms with van der Waals surface area (Å²) in [5.74, 6) is -0.0564. The smallest absolute Gasteiger partial charge is 0.227 e. The third-order valence-corrected chi connectivity index (χ3v) is 2.63. The molecule has 13 heavy (non-hydrogen) atoms. The molecule has 0 aromatic heterocycles. The number of nitrogen functional groups attached to an aromatic ring is 1. The first-order valence-corrected chi connectivity index (χ1v) is 4.85. The fraction of sp³-hybridized carbons (Fsp3) is 0.222. The summed E-state index contributed by atoms with van der Waals surface area (Å²) in [5, 5.41) is 0. The lowest BCUT2D eigenvalue weighted by molar-refractivity contribution is -0.115. The van der Waals surface area contributed by atoms with E-state index < -0.39 is 0 Å². The number of hydrogen-bond acceptors (Lipinski definition) is 3. The minimum Gasteiger partial charge on any atom is -0.398 e. The lowest BCUT2D eigenvalue weighted by atomic mass is 10.2. The number of rotatable bonds is 3. The van der Waals surface area contributed by atoms with Crippen LogP contribution in [-0.2, 0) is 4.79 Å². The molecule has 0 heterocycles. The molecule has 1 aromatic carbocycles. The van der Waals surface area contributed by atoms with Gasteiger partial charge in [-0.2, -0.15) is 0 Å². The normalized spacial score (nSPS) is 9.92. The van der Waals surface area contributed by atoms with Crippen LogP contribution in [0.25, 0.3) is 0 Å². The zero-order valence-corrected chi connectivity index (χ0v) is 8.23. The molecule has 0 aliphatic heterocycles. The molecule has 3 nitrogen and oxygen atoms in total. The standard InChI is InChI=1S/C9H12N2OS/c1-6-2-3-7(10)8(4-6)13-5-9(11)12/h2-4H,5,10H2,1H3,(H2,11,12). The summed E-state index contributed by atoms with van der Waals surface area (Å²) < 4.78 is 0. The van der Waals surface area contributed by atoms with Gasteiger partial charge in [0.05, 0.1) is 5.75 Å². The quantitative estimate of drug-likeness (QED) is 0.563. The minimum absolute atomic E-state index is 0.271. The molecule has 0 unspecified atom stereocenters. The summed E-state index contributed by atoms with van der Waals surface area (Å²) in [4.78, 5) is 11.4. The van der Waals surface area contributed by atoms with E-state index in [4.69, 9.17) is 11.5 Å². The monoisotopic (exact) mass is 196 g/mol. The Kier molecular flexibility index (Phi) is 3.19. The second-order valence-corrected chi connectivity index (χ2v) is 3.81. The Hall–Kier alpha value is -1.16. The van der Waals surface area contributed by atoms with E-state index in [1.54, 1.807) is 0 Å². The zero-order valence-electron chi connectivity index (χ0n) is 7.41. The lowest BCUT2D eigenvalue weighted by Crippen LogP contribution is -2.13. The van der Waals surface area contributed by atoms with Crippen molar-refractivity contribution in [2.45, 2.75) is 11.8 Å². The van der Waals surface area contributed by atoms with Crippen LogP contribution >= 0.6 is 11.8 Å². The van der Waals surface area contributed by atoms with Gasteiger partial charge in [0.25, 0.3) is 0 Å². The van der Waals surface area contributed by atoms with Gasteiger partial charge in [-0.05, 0) is 24.6 Å². The average Bonchev–Trinajstić information content (AvgIpc) is 2.06. The van der Waals surface area contributed by atoms with Gasteiger partial charge < -0.3 is 11.5 Å². The first-order chi connectivity index (χ1) is 6.09. The van der Waals surface area contributed by atoms with Crippen molar-refractivity contribution < 1.29 is 4.79 Å². The molecule has 1 amide bonds. The molecule has 1 rings (SSSR count). The fourth-order valence-corrected chi connectivity index (χ4v) is 1.72. The molecule has 0 atom stereocenters. The molecule has 4 N–H and O–H groups in total. The van der Waals surface area contributed by atoms with Crippen LogP contribution in [0, 0.1) is 6.92 Å². The van der Waals surface area contributed by atoms with Gasteiger partial charge in [-0.15, -0.1) is 11.8 Å². The Labute approximate surface area is 81.5 Å². The number of anilines is 1. The maximum absolute atomic E-state index is 10.5. The maximum Gasteiger partial charge on any atom is 0.227 e. The molecular weight excluding hydrogens is 184 g/mol. The van der Waals surface area contributed by atoms with E-state index in [1.807, 2.05) is 25.1 Å². The molecular formula is C9H12N2OS. The second-order valence-electron chi connectivity index (χ2n) is 2.80. The maximum atomic E-state index is 10.5. The summed E-state index contributed by atoms with van der Waals surface area (Å²) in [7, 11) is 0. The number of nitrogens with two attached hydrogens (primary N) is 2. The van der Waals surface area contributed by atoms with Crippen molar-refractivity contribution in [3.8, 4) is 0 Å². The van der Waals surface area contributed by atoms with Crippen LogP contribution in [0.1, 0.15) is 5.56 Å². The minimum atomic E-state index is -0.328. The van der Waals surface area contributed by atoms with Gasteiger partial charge in [0.1, 0.15) is 0 Å². The highest BCUT2D eigenvalue weighted by Crippen LogP contribution is 2.25. The van der Waals surface area contributed by atoms with E-state index in [0.29, 0.717) is 5.69 Å². The van der Waals surface area contributed by atoms with E-state index in [1.165, 1.54) is 11.8 Å². The van der Waals surface area contributed by atoms with E-state index >= 15 is 0 Å².